The Kier molecular flexibility index (Phi) is 6.07. The van der Waals surface area contributed by atoms with Crippen molar-refractivity contribution >= 4 is 29.3 Å². The second-order valence-electron chi connectivity index (χ2n) is 6.17. The van der Waals surface area contributed by atoms with E-state index in [0.29, 0.717) is 5.11 Å². The van der Waals surface area contributed by atoms with E-state index in [9.17, 15) is 9.18 Å². The minimum absolute atomic E-state index is 0.131. The highest BCUT2D eigenvalue weighted by molar-refractivity contribution is 7.80. The first-order valence-electron chi connectivity index (χ1n) is 8.58. The van der Waals surface area contributed by atoms with Crippen molar-refractivity contribution in [3.8, 4) is 0 Å². The van der Waals surface area contributed by atoms with Gasteiger partial charge in [0.1, 0.15) is 5.82 Å². The molecule has 0 bridgehead atoms. The smallest absolute Gasteiger partial charge is 0.250 e. The number of benzene rings is 1. The van der Waals surface area contributed by atoms with Crippen molar-refractivity contribution in [1.82, 2.24) is 15.2 Å². The number of aromatic nitrogens is 1. The second kappa shape index (κ2) is 8.67. The van der Waals surface area contributed by atoms with Gasteiger partial charge in [0.15, 0.2) is 5.11 Å². The molecular weight excluding hydrogens is 349 g/mol. The van der Waals surface area contributed by atoms with Crippen LogP contribution in [0.15, 0.2) is 54.9 Å². The second-order valence-corrected chi connectivity index (χ2v) is 6.56. The first-order valence-corrected chi connectivity index (χ1v) is 8.99. The normalized spacial score (nSPS) is 17.3. The first kappa shape index (κ1) is 18.2. The molecule has 1 N–H and O–H groups in total. The first-order chi connectivity index (χ1) is 12.6. The van der Waals surface area contributed by atoms with E-state index in [1.54, 1.807) is 24.4 Å². The van der Waals surface area contributed by atoms with E-state index < -0.39 is 0 Å². The summed E-state index contributed by atoms with van der Waals surface area (Å²) in [6, 6.07) is 10.0. The van der Waals surface area contributed by atoms with Crippen molar-refractivity contribution in [3.05, 3.63) is 71.8 Å². The van der Waals surface area contributed by atoms with Crippen molar-refractivity contribution < 1.29 is 9.18 Å². The van der Waals surface area contributed by atoms with Gasteiger partial charge >= 0.3 is 0 Å². The number of nitrogens with zero attached hydrogens (tertiary/aromatic N) is 2. The van der Waals surface area contributed by atoms with Gasteiger partial charge in [0, 0.05) is 25.0 Å². The Labute approximate surface area is 157 Å². The van der Waals surface area contributed by atoms with E-state index in [1.165, 1.54) is 18.2 Å². The molecule has 3 rings (SSSR count). The van der Waals surface area contributed by atoms with Gasteiger partial charge in [0.05, 0.1) is 6.04 Å². The number of carbonyl (C=O) groups excluding carboxylic acids is 1. The highest BCUT2D eigenvalue weighted by Crippen LogP contribution is 2.30. The van der Waals surface area contributed by atoms with Crippen LogP contribution in [-0.4, -0.2) is 27.4 Å². The Morgan fingerprint density at radius 2 is 2.08 bits per heavy atom. The van der Waals surface area contributed by atoms with Crippen LogP contribution in [-0.2, 0) is 4.79 Å². The number of thiocarbonyl (C=S) groups is 1. The molecule has 1 fully saturated rings. The van der Waals surface area contributed by atoms with E-state index in [-0.39, 0.29) is 17.8 Å². The Morgan fingerprint density at radius 1 is 1.27 bits per heavy atom. The SMILES string of the molecule is O=C(C=Cc1ccc(F)cc1)NC(=S)N1CCCC[C@@H]1c1cccnc1. The quantitative estimate of drug-likeness (QED) is 0.659. The Balaban J connectivity index is 1.63. The summed E-state index contributed by atoms with van der Waals surface area (Å²) in [6.07, 6.45) is 9.77. The summed E-state index contributed by atoms with van der Waals surface area (Å²) >= 11 is 5.47. The summed E-state index contributed by atoms with van der Waals surface area (Å²) in [5.74, 6) is -0.603. The van der Waals surface area contributed by atoms with Crippen LogP contribution in [0.25, 0.3) is 6.08 Å². The molecule has 1 aromatic heterocycles. The largest absolute Gasteiger partial charge is 0.342 e. The molecular formula is C20H20FN3OS. The summed E-state index contributed by atoms with van der Waals surface area (Å²) < 4.78 is 12.9. The van der Waals surface area contributed by atoms with Gasteiger partial charge in [-0.25, -0.2) is 4.39 Å². The third kappa shape index (κ3) is 4.73. The number of carbonyl (C=O) groups is 1. The molecule has 1 amide bonds. The van der Waals surface area contributed by atoms with E-state index in [4.69, 9.17) is 12.2 Å². The summed E-state index contributed by atoms with van der Waals surface area (Å²) in [4.78, 5) is 18.4. The van der Waals surface area contributed by atoms with Crippen LogP contribution in [0.3, 0.4) is 0 Å². The molecule has 134 valence electrons. The highest BCUT2D eigenvalue weighted by atomic mass is 32.1. The minimum Gasteiger partial charge on any atom is -0.342 e. The van der Waals surface area contributed by atoms with Crippen LogP contribution in [0.2, 0.25) is 0 Å². The monoisotopic (exact) mass is 369 g/mol. The topological polar surface area (TPSA) is 45.2 Å². The van der Waals surface area contributed by atoms with Crippen LogP contribution in [0.1, 0.15) is 36.4 Å². The highest BCUT2D eigenvalue weighted by Gasteiger charge is 2.26. The van der Waals surface area contributed by atoms with Crippen molar-refractivity contribution in [2.75, 3.05) is 6.54 Å². The summed E-state index contributed by atoms with van der Waals surface area (Å²) in [7, 11) is 0. The molecule has 6 heteroatoms. The number of pyridine rings is 1. The Bertz CT molecular complexity index is 792. The number of amides is 1. The zero-order valence-electron chi connectivity index (χ0n) is 14.3. The van der Waals surface area contributed by atoms with Crippen LogP contribution in [0, 0.1) is 5.82 Å². The number of halogens is 1. The molecule has 1 saturated heterocycles. The fourth-order valence-corrected chi connectivity index (χ4v) is 3.38. The molecule has 2 heterocycles. The van der Waals surface area contributed by atoms with Gasteiger partial charge in [0.25, 0.3) is 0 Å². The van der Waals surface area contributed by atoms with Crippen LogP contribution in [0.4, 0.5) is 4.39 Å². The molecule has 4 nitrogen and oxygen atoms in total. The molecule has 0 radical (unpaired) electrons. The molecule has 1 aromatic carbocycles. The molecule has 0 unspecified atom stereocenters. The maximum atomic E-state index is 12.9. The van der Waals surface area contributed by atoms with Gasteiger partial charge in [0.2, 0.25) is 5.91 Å². The van der Waals surface area contributed by atoms with Gasteiger partial charge in [-0.3, -0.25) is 15.1 Å². The number of likely N-dealkylation sites (tertiary alicyclic amines) is 1. The third-order valence-corrected chi connectivity index (χ3v) is 4.70. The average Bonchev–Trinajstić information content (AvgIpc) is 2.68. The molecule has 1 aliphatic rings. The predicted molar refractivity (Wildman–Crippen MR) is 104 cm³/mol. The maximum absolute atomic E-state index is 12.9. The van der Waals surface area contributed by atoms with E-state index in [1.807, 2.05) is 18.3 Å². The maximum Gasteiger partial charge on any atom is 0.250 e. The number of rotatable bonds is 3. The van der Waals surface area contributed by atoms with Crippen LogP contribution in [0.5, 0.6) is 0 Å². The molecule has 1 atom stereocenters. The standard InChI is InChI=1S/C20H20FN3OS/c21-17-9-6-15(7-10-17)8-11-19(25)23-20(26)24-13-2-1-5-18(24)16-4-3-12-22-14-16/h3-4,6-12,14,18H,1-2,5,13H2,(H,23,25,26)/t18-/m1/s1. The van der Waals surface area contributed by atoms with E-state index in [2.05, 4.69) is 15.2 Å². The minimum atomic E-state index is -0.306. The van der Waals surface area contributed by atoms with Crippen molar-refractivity contribution in [3.63, 3.8) is 0 Å². The fraction of sp³-hybridized carbons (Fsp3) is 0.250. The zero-order valence-corrected chi connectivity index (χ0v) is 15.1. The van der Waals surface area contributed by atoms with Gasteiger partial charge in [-0.1, -0.05) is 18.2 Å². The van der Waals surface area contributed by atoms with Crippen molar-refractivity contribution in [1.29, 1.82) is 0 Å². The lowest BCUT2D eigenvalue weighted by Crippen LogP contribution is -2.46. The lowest BCUT2D eigenvalue weighted by molar-refractivity contribution is -0.115. The molecule has 0 spiro atoms. The van der Waals surface area contributed by atoms with E-state index >= 15 is 0 Å². The zero-order chi connectivity index (χ0) is 18.4. The number of hydrogen-bond donors (Lipinski definition) is 1. The van der Waals surface area contributed by atoms with Gasteiger partial charge in [-0.05, 0) is 66.9 Å². The molecule has 26 heavy (non-hydrogen) atoms. The average molecular weight is 369 g/mol. The number of piperidine rings is 1. The summed E-state index contributed by atoms with van der Waals surface area (Å²) in [5, 5.41) is 3.19. The summed E-state index contributed by atoms with van der Waals surface area (Å²) in [6.45, 7) is 0.806. The lowest BCUT2D eigenvalue weighted by atomic mass is 9.97. The molecule has 0 aliphatic carbocycles. The third-order valence-electron chi connectivity index (χ3n) is 4.36. The number of hydrogen-bond acceptors (Lipinski definition) is 3. The fourth-order valence-electron chi connectivity index (χ4n) is 3.06. The van der Waals surface area contributed by atoms with Crippen LogP contribution < -0.4 is 5.32 Å². The number of nitrogens with one attached hydrogen (secondary N) is 1. The molecule has 1 aliphatic heterocycles. The lowest BCUT2D eigenvalue weighted by Gasteiger charge is -2.37. The van der Waals surface area contributed by atoms with Gasteiger partial charge in [-0.2, -0.15) is 0 Å². The van der Waals surface area contributed by atoms with Crippen molar-refractivity contribution in [2.45, 2.75) is 25.3 Å². The van der Waals surface area contributed by atoms with Crippen LogP contribution >= 0.6 is 12.2 Å². The van der Waals surface area contributed by atoms with Crippen molar-refractivity contribution in [2.24, 2.45) is 0 Å². The summed E-state index contributed by atoms with van der Waals surface area (Å²) in [5.41, 5.74) is 1.85. The van der Waals surface area contributed by atoms with Gasteiger partial charge in [-0.15, -0.1) is 0 Å². The van der Waals surface area contributed by atoms with E-state index in [0.717, 1.165) is 36.9 Å². The van der Waals surface area contributed by atoms with Gasteiger partial charge < -0.3 is 4.90 Å². The Hall–Kier alpha value is -2.60. The predicted octanol–water partition coefficient (Wildman–Crippen LogP) is 3.86. The molecule has 0 saturated carbocycles. The Morgan fingerprint density at radius 3 is 2.81 bits per heavy atom. The molecule has 2 aromatic rings.